The molecule has 0 aliphatic rings. The summed E-state index contributed by atoms with van der Waals surface area (Å²) in [6, 6.07) is 4.29. The second kappa shape index (κ2) is 1.95. The number of hydrogen-bond acceptors (Lipinski definition) is 2. The number of phenols is 1. The van der Waals surface area contributed by atoms with Crippen LogP contribution < -0.4 is 0 Å². The number of aromatic hydroxyl groups is 1. The first-order valence-corrected chi connectivity index (χ1v) is 3.10. The molecule has 0 saturated carbocycles. The summed E-state index contributed by atoms with van der Waals surface area (Å²) in [4.78, 5) is 0. The van der Waals surface area contributed by atoms with Crippen LogP contribution in [0.4, 0.5) is 4.39 Å². The van der Waals surface area contributed by atoms with Crippen LogP contribution in [0, 0.1) is 5.95 Å². The second-order valence-electron chi connectivity index (χ2n) is 2.24. The summed E-state index contributed by atoms with van der Waals surface area (Å²) < 4.78 is 12.7. The molecule has 0 radical (unpaired) electrons. The molecule has 3 nitrogen and oxygen atoms in total. The van der Waals surface area contributed by atoms with E-state index < -0.39 is 5.95 Å². The molecule has 0 bridgehead atoms. The number of fused-ring (bicyclic) bond motifs is 1. The third-order valence-corrected chi connectivity index (χ3v) is 1.49. The van der Waals surface area contributed by atoms with Gasteiger partial charge in [0.2, 0.25) is 5.95 Å². The Labute approximate surface area is 61.5 Å². The molecule has 0 saturated heterocycles. The van der Waals surface area contributed by atoms with Gasteiger partial charge in [-0.05, 0) is 12.1 Å². The predicted octanol–water partition coefficient (Wildman–Crippen LogP) is 1.41. The summed E-state index contributed by atoms with van der Waals surface area (Å²) in [5.74, 6) is -0.385. The molecule has 11 heavy (non-hydrogen) atoms. The van der Waals surface area contributed by atoms with E-state index >= 15 is 0 Å². The number of aromatic nitrogens is 2. The predicted molar refractivity (Wildman–Crippen MR) is 37.7 cm³/mol. The van der Waals surface area contributed by atoms with Gasteiger partial charge in [0.1, 0.15) is 5.75 Å². The zero-order chi connectivity index (χ0) is 7.84. The smallest absolute Gasteiger partial charge is 0.216 e. The van der Waals surface area contributed by atoms with Crippen molar-refractivity contribution in [1.29, 1.82) is 0 Å². The average molecular weight is 152 g/mol. The summed E-state index contributed by atoms with van der Waals surface area (Å²) in [6.07, 6.45) is 0. The Morgan fingerprint density at radius 2 is 2.27 bits per heavy atom. The van der Waals surface area contributed by atoms with Gasteiger partial charge < -0.3 is 5.11 Å². The Bertz CT molecular complexity index is 396. The summed E-state index contributed by atoms with van der Waals surface area (Å²) in [7, 11) is 0. The minimum absolute atomic E-state index is 0.0870. The van der Waals surface area contributed by atoms with E-state index in [0.717, 1.165) is 0 Å². The fraction of sp³-hybridized carbons (Fsp3) is 0. The van der Waals surface area contributed by atoms with Crippen molar-refractivity contribution < 1.29 is 9.50 Å². The molecule has 0 aliphatic heterocycles. The summed E-state index contributed by atoms with van der Waals surface area (Å²) in [5.41, 5.74) is 0.433. The van der Waals surface area contributed by atoms with E-state index in [4.69, 9.17) is 5.11 Å². The van der Waals surface area contributed by atoms with Crippen molar-refractivity contribution in [3.8, 4) is 5.75 Å². The average Bonchev–Trinajstić information content (AvgIpc) is 2.32. The molecule has 1 heterocycles. The molecule has 1 aromatic carbocycles. The maximum atomic E-state index is 12.7. The monoisotopic (exact) mass is 152 g/mol. The van der Waals surface area contributed by atoms with Crippen molar-refractivity contribution in [2.45, 2.75) is 0 Å². The number of H-pyrrole nitrogens is 1. The van der Waals surface area contributed by atoms with E-state index in [0.29, 0.717) is 10.9 Å². The van der Waals surface area contributed by atoms with E-state index in [9.17, 15) is 4.39 Å². The topological polar surface area (TPSA) is 48.9 Å². The summed E-state index contributed by atoms with van der Waals surface area (Å²) in [5, 5.41) is 15.1. The molecule has 2 aromatic rings. The van der Waals surface area contributed by atoms with Gasteiger partial charge in [0.15, 0.2) is 0 Å². The molecular weight excluding hydrogens is 147 g/mol. The van der Waals surface area contributed by atoms with Crippen LogP contribution in [0.15, 0.2) is 18.2 Å². The molecule has 0 spiro atoms. The van der Waals surface area contributed by atoms with Crippen molar-refractivity contribution in [3.63, 3.8) is 0 Å². The van der Waals surface area contributed by atoms with Crippen molar-refractivity contribution in [3.05, 3.63) is 24.1 Å². The third-order valence-electron chi connectivity index (χ3n) is 1.49. The standard InChI is InChI=1S/C7H5FN2O/c8-7-5-2-1-4(11)3-6(5)9-10-7/h1-3,11H,(H,9,10). The Hall–Kier alpha value is -1.58. The molecular formula is C7H5FN2O. The zero-order valence-corrected chi connectivity index (χ0v) is 5.50. The van der Waals surface area contributed by atoms with Gasteiger partial charge >= 0.3 is 0 Å². The van der Waals surface area contributed by atoms with Crippen LogP contribution >= 0.6 is 0 Å². The lowest BCUT2D eigenvalue weighted by atomic mass is 10.2. The lowest BCUT2D eigenvalue weighted by Crippen LogP contribution is -1.69. The fourth-order valence-corrected chi connectivity index (χ4v) is 0.968. The van der Waals surface area contributed by atoms with Gasteiger partial charge in [-0.2, -0.15) is 9.49 Å². The minimum Gasteiger partial charge on any atom is -0.508 e. The largest absolute Gasteiger partial charge is 0.508 e. The lowest BCUT2D eigenvalue weighted by molar-refractivity contribution is 0.476. The number of halogens is 1. The molecule has 0 atom stereocenters. The van der Waals surface area contributed by atoms with Crippen LogP contribution in [0.2, 0.25) is 0 Å². The molecule has 0 unspecified atom stereocenters. The van der Waals surface area contributed by atoms with Crippen molar-refractivity contribution in [2.24, 2.45) is 0 Å². The fourth-order valence-electron chi connectivity index (χ4n) is 0.968. The highest BCUT2D eigenvalue weighted by Gasteiger charge is 2.03. The lowest BCUT2D eigenvalue weighted by Gasteiger charge is -1.88. The van der Waals surface area contributed by atoms with Gasteiger partial charge in [-0.3, -0.25) is 5.10 Å². The van der Waals surface area contributed by atoms with Gasteiger partial charge in [0.05, 0.1) is 10.9 Å². The van der Waals surface area contributed by atoms with Gasteiger partial charge in [-0.15, -0.1) is 0 Å². The first kappa shape index (κ1) is 6.15. The number of phenolic OH excluding ortho intramolecular Hbond substituents is 1. The number of nitrogens with zero attached hydrogens (tertiary/aromatic N) is 1. The Morgan fingerprint density at radius 3 is 3.09 bits per heavy atom. The number of aromatic amines is 1. The molecule has 0 amide bonds. The van der Waals surface area contributed by atoms with Crippen molar-refractivity contribution >= 4 is 10.9 Å². The second-order valence-corrected chi connectivity index (χ2v) is 2.24. The van der Waals surface area contributed by atoms with Gasteiger partial charge in [0.25, 0.3) is 0 Å². The van der Waals surface area contributed by atoms with Crippen molar-refractivity contribution in [1.82, 2.24) is 10.2 Å². The molecule has 0 fully saturated rings. The van der Waals surface area contributed by atoms with Crippen LogP contribution in [-0.2, 0) is 0 Å². The molecule has 2 rings (SSSR count). The molecule has 1 aromatic heterocycles. The van der Waals surface area contributed by atoms with Crippen molar-refractivity contribution in [2.75, 3.05) is 0 Å². The number of benzene rings is 1. The third kappa shape index (κ3) is 0.832. The molecule has 2 N–H and O–H groups in total. The van der Waals surface area contributed by atoms with Crippen LogP contribution in [0.3, 0.4) is 0 Å². The number of hydrogen-bond donors (Lipinski definition) is 2. The molecule has 56 valence electrons. The highest BCUT2D eigenvalue weighted by atomic mass is 19.1. The van der Waals surface area contributed by atoms with Crippen LogP contribution in [0.25, 0.3) is 10.9 Å². The minimum atomic E-state index is -0.472. The maximum absolute atomic E-state index is 12.7. The number of nitrogens with one attached hydrogen (secondary N) is 1. The Morgan fingerprint density at radius 1 is 1.45 bits per heavy atom. The van der Waals surface area contributed by atoms with Gasteiger partial charge in [-0.1, -0.05) is 0 Å². The highest BCUT2D eigenvalue weighted by Crippen LogP contribution is 2.19. The van der Waals surface area contributed by atoms with Crippen LogP contribution in [0.1, 0.15) is 0 Å². The van der Waals surface area contributed by atoms with E-state index in [2.05, 4.69) is 10.2 Å². The molecule has 4 heteroatoms. The highest BCUT2D eigenvalue weighted by molar-refractivity contribution is 5.79. The Balaban J connectivity index is 2.86. The number of rotatable bonds is 0. The Kier molecular flexibility index (Phi) is 1.09. The SMILES string of the molecule is Oc1ccc2c(F)[nH]nc2c1. The van der Waals surface area contributed by atoms with E-state index in [1.54, 1.807) is 0 Å². The maximum Gasteiger partial charge on any atom is 0.216 e. The molecule has 0 aliphatic carbocycles. The van der Waals surface area contributed by atoms with E-state index in [1.807, 2.05) is 0 Å². The van der Waals surface area contributed by atoms with Crippen LogP contribution in [0.5, 0.6) is 5.75 Å². The summed E-state index contributed by atoms with van der Waals surface area (Å²) in [6.45, 7) is 0. The van der Waals surface area contributed by atoms with Gasteiger partial charge in [-0.25, -0.2) is 0 Å². The first-order chi connectivity index (χ1) is 5.27. The van der Waals surface area contributed by atoms with Gasteiger partial charge in [0, 0.05) is 6.07 Å². The zero-order valence-electron chi connectivity index (χ0n) is 5.50. The van der Waals surface area contributed by atoms with E-state index in [-0.39, 0.29) is 5.75 Å². The normalized spacial score (nSPS) is 10.6. The first-order valence-electron chi connectivity index (χ1n) is 3.10. The quantitative estimate of drug-likeness (QED) is 0.599. The van der Waals surface area contributed by atoms with Crippen LogP contribution in [-0.4, -0.2) is 15.3 Å². The summed E-state index contributed by atoms with van der Waals surface area (Å²) >= 11 is 0. The van der Waals surface area contributed by atoms with E-state index in [1.165, 1.54) is 18.2 Å².